The van der Waals surface area contributed by atoms with E-state index >= 15 is 0 Å². The molecule has 0 aromatic rings. The number of hydrogen-bond acceptors (Lipinski definition) is 1. The predicted molar refractivity (Wildman–Crippen MR) is 38.1 cm³/mol. The van der Waals surface area contributed by atoms with Gasteiger partial charge in [-0.05, 0) is 38.0 Å². The maximum atomic E-state index is 6.11. The zero-order valence-corrected chi connectivity index (χ0v) is 5.90. The Hall–Kier alpha value is -0.0400. The highest BCUT2D eigenvalue weighted by Crippen LogP contribution is 2.45. The van der Waals surface area contributed by atoms with Crippen LogP contribution in [0.4, 0.5) is 0 Å². The average Bonchev–Trinajstić information content (AvgIpc) is 1.56. The summed E-state index contributed by atoms with van der Waals surface area (Å²) >= 11 is 0. The van der Waals surface area contributed by atoms with Gasteiger partial charge < -0.3 is 5.73 Å². The summed E-state index contributed by atoms with van der Waals surface area (Å²) in [7, 11) is 0. The van der Waals surface area contributed by atoms with Crippen molar-refractivity contribution < 1.29 is 0 Å². The predicted octanol–water partition coefficient (Wildman–Crippen LogP) is 1.67. The molecule has 52 valence electrons. The van der Waals surface area contributed by atoms with Crippen molar-refractivity contribution in [2.75, 3.05) is 0 Å². The fraction of sp³-hybridized carbons (Fsp3) is 1.00. The van der Waals surface area contributed by atoms with Gasteiger partial charge >= 0.3 is 0 Å². The Morgan fingerprint density at radius 3 is 1.89 bits per heavy atom. The molecule has 0 radical (unpaired) electrons. The summed E-state index contributed by atoms with van der Waals surface area (Å²) in [5.41, 5.74) is 6.43. The molecule has 2 aliphatic rings. The number of hydrogen-bond donors (Lipinski definition) is 1. The molecule has 0 saturated heterocycles. The van der Waals surface area contributed by atoms with Crippen LogP contribution in [0.5, 0.6) is 0 Å². The van der Waals surface area contributed by atoms with Crippen LogP contribution in [0.3, 0.4) is 0 Å². The van der Waals surface area contributed by atoms with Crippen molar-refractivity contribution in [1.82, 2.24) is 0 Å². The van der Waals surface area contributed by atoms with E-state index in [2.05, 4.69) is 0 Å². The molecule has 2 rings (SSSR count). The lowest BCUT2D eigenvalue weighted by atomic mass is 9.61. The molecule has 0 bridgehead atoms. The summed E-state index contributed by atoms with van der Waals surface area (Å²) in [6.45, 7) is 0. The van der Waals surface area contributed by atoms with Crippen molar-refractivity contribution in [3.8, 4) is 0 Å². The molecule has 0 aromatic heterocycles. The summed E-state index contributed by atoms with van der Waals surface area (Å²) in [5, 5.41) is 0. The van der Waals surface area contributed by atoms with Crippen LogP contribution in [-0.2, 0) is 0 Å². The van der Waals surface area contributed by atoms with Gasteiger partial charge in [0.25, 0.3) is 0 Å². The van der Waals surface area contributed by atoms with Crippen LogP contribution in [0.1, 0.15) is 38.5 Å². The largest absolute Gasteiger partial charge is 0.325 e. The van der Waals surface area contributed by atoms with E-state index in [0.29, 0.717) is 5.54 Å². The molecule has 0 unspecified atom stereocenters. The molecule has 0 heterocycles. The van der Waals surface area contributed by atoms with E-state index in [1.165, 1.54) is 38.5 Å². The SMILES string of the molecule is NC1(C2CCC2)CCC1. The third kappa shape index (κ3) is 0.710. The normalized spacial score (nSPS) is 33.0. The first-order valence-electron chi connectivity index (χ1n) is 4.10. The molecule has 2 N–H and O–H groups in total. The number of nitrogens with two attached hydrogens (primary N) is 1. The molecular formula is C8H15N. The Morgan fingerprint density at radius 1 is 1.11 bits per heavy atom. The molecule has 2 saturated carbocycles. The second-order valence-electron chi connectivity index (χ2n) is 3.71. The summed E-state index contributed by atoms with van der Waals surface area (Å²) in [4.78, 5) is 0. The quantitative estimate of drug-likeness (QED) is 0.566. The molecule has 0 amide bonds. The third-order valence-corrected chi connectivity index (χ3v) is 3.20. The molecule has 9 heavy (non-hydrogen) atoms. The van der Waals surface area contributed by atoms with Crippen molar-refractivity contribution in [2.45, 2.75) is 44.1 Å². The Morgan fingerprint density at radius 2 is 1.78 bits per heavy atom. The minimum atomic E-state index is 0.318. The average molecular weight is 125 g/mol. The van der Waals surface area contributed by atoms with E-state index in [0.717, 1.165) is 5.92 Å². The van der Waals surface area contributed by atoms with Crippen molar-refractivity contribution in [3.05, 3.63) is 0 Å². The maximum absolute atomic E-state index is 6.11. The van der Waals surface area contributed by atoms with Crippen LogP contribution < -0.4 is 5.73 Å². The molecule has 2 fully saturated rings. The van der Waals surface area contributed by atoms with Crippen molar-refractivity contribution in [1.29, 1.82) is 0 Å². The maximum Gasteiger partial charge on any atom is 0.0182 e. The van der Waals surface area contributed by atoms with Crippen LogP contribution >= 0.6 is 0 Å². The Balaban J connectivity index is 1.94. The Labute approximate surface area is 56.6 Å². The molecule has 1 heteroatoms. The fourth-order valence-electron chi connectivity index (χ4n) is 1.98. The zero-order chi connectivity index (χ0) is 6.32. The molecule has 1 nitrogen and oxygen atoms in total. The second-order valence-corrected chi connectivity index (χ2v) is 3.71. The molecule has 0 aliphatic heterocycles. The highest BCUT2D eigenvalue weighted by Gasteiger charge is 2.42. The molecule has 2 aliphatic carbocycles. The van der Waals surface area contributed by atoms with Gasteiger partial charge in [-0.2, -0.15) is 0 Å². The lowest BCUT2D eigenvalue weighted by Crippen LogP contribution is -2.54. The summed E-state index contributed by atoms with van der Waals surface area (Å²) in [6, 6.07) is 0. The van der Waals surface area contributed by atoms with Gasteiger partial charge in [-0.3, -0.25) is 0 Å². The van der Waals surface area contributed by atoms with Crippen LogP contribution in [0.25, 0.3) is 0 Å². The van der Waals surface area contributed by atoms with Crippen LogP contribution in [-0.4, -0.2) is 5.54 Å². The van der Waals surface area contributed by atoms with E-state index in [-0.39, 0.29) is 0 Å². The molecular weight excluding hydrogens is 110 g/mol. The molecule has 0 aromatic carbocycles. The number of rotatable bonds is 1. The van der Waals surface area contributed by atoms with Crippen molar-refractivity contribution in [2.24, 2.45) is 11.7 Å². The van der Waals surface area contributed by atoms with Gasteiger partial charge in [-0.1, -0.05) is 6.42 Å². The van der Waals surface area contributed by atoms with Gasteiger partial charge in [0.15, 0.2) is 0 Å². The summed E-state index contributed by atoms with van der Waals surface area (Å²) in [6.07, 6.45) is 8.25. The first-order valence-corrected chi connectivity index (χ1v) is 4.10. The highest BCUT2D eigenvalue weighted by atomic mass is 14.8. The van der Waals surface area contributed by atoms with E-state index in [1.54, 1.807) is 0 Å². The minimum absolute atomic E-state index is 0.318. The van der Waals surface area contributed by atoms with Gasteiger partial charge in [0.1, 0.15) is 0 Å². The van der Waals surface area contributed by atoms with Crippen molar-refractivity contribution >= 4 is 0 Å². The highest BCUT2D eigenvalue weighted by molar-refractivity contribution is 5.00. The summed E-state index contributed by atoms with van der Waals surface area (Å²) < 4.78 is 0. The molecule has 0 spiro atoms. The third-order valence-electron chi connectivity index (χ3n) is 3.20. The summed E-state index contributed by atoms with van der Waals surface area (Å²) in [5.74, 6) is 0.909. The zero-order valence-electron chi connectivity index (χ0n) is 5.90. The fourth-order valence-corrected chi connectivity index (χ4v) is 1.98. The van der Waals surface area contributed by atoms with E-state index in [4.69, 9.17) is 5.73 Å². The van der Waals surface area contributed by atoms with Crippen molar-refractivity contribution in [3.63, 3.8) is 0 Å². The molecule has 0 atom stereocenters. The Kier molecular flexibility index (Phi) is 1.10. The van der Waals surface area contributed by atoms with Gasteiger partial charge in [0.2, 0.25) is 0 Å². The van der Waals surface area contributed by atoms with Gasteiger partial charge in [-0.25, -0.2) is 0 Å². The first-order chi connectivity index (χ1) is 4.31. The van der Waals surface area contributed by atoms with Crippen LogP contribution in [0.2, 0.25) is 0 Å². The van der Waals surface area contributed by atoms with Gasteiger partial charge in [0.05, 0.1) is 0 Å². The lowest BCUT2D eigenvalue weighted by molar-refractivity contribution is 0.0897. The lowest BCUT2D eigenvalue weighted by Gasteiger charge is -2.49. The first kappa shape index (κ1) is 5.72. The van der Waals surface area contributed by atoms with Gasteiger partial charge in [-0.15, -0.1) is 0 Å². The Bertz CT molecular complexity index is 112. The minimum Gasteiger partial charge on any atom is -0.325 e. The van der Waals surface area contributed by atoms with E-state index in [1.807, 2.05) is 0 Å². The van der Waals surface area contributed by atoms with Crippen LogP contribution in [0.15, 0.2) is 0 Å². The smallest absolute Gasteiger partial charge is 0.0182 e. The van der Waals surface area contributed by atoms with E-state index in [9.17, 15) is 0 Å². The van der Waals surface area contributed by atoms with Crippen LogP contribution in [0, 0.1) is 5.92 Å². The van der Waals surface area contributed by atoms with E-state index < -0.39 is 0 Å². The standard InChI is InChI=1S/C8H15N/c9-8(5-2-6-8)7-3-1-4-7/h7H,1-6,9H2. The van der Waals surface area contributed by atoms with Gasteiger partial charge in [0, 0.05) is 5.54 Å². The monoisotopic (exact) mass is 125 g/mol. The second kappa shape index (κ2) is 1.72. The topological polar surface area (TPSA) is 26.0 Å².